The SMILES string of the molecule is Cc1ccc(C(=O)NCCOc2ccccc2C(C)(C)C)cc1C. The van der Waals surface area contributed by atoms with E-state index in [0.717, 1.165) is 11.3 Å². The number of carbonyl (C=O) groups is 1. The first-order chi connectivity index (χ1) is 11.3. The molecular formula is C21H27NO2. The third-order valence-electron chi connectivity index (χ3n) is 4.11. The van der Waals surface area contributed by atoms with E-state index in [1.165, 1.54) is 11.1 Å². The quantitative estimate of drug-likeness (QED) is 0.827. The van der Waals surface area contributed by atoms with Crippen LogP contribution in [-0.4, -0.2) is 19.1 Å². The second-order valence-electron chi connectivity index (χ2n) is 7.15. The standard InChI is InChI=1S/C21H27NO2/c1-15-10-11-17(14-16(15)2)20(23)22-12-13-24-19-9-7-6-8-18(19)21(3,4)5/h6-11,14H,12-13H2,1-5H3,(H,22,23). The third kappa shape index (κ3) is 4.60. The molecule has 0 aliphatic heterocycles. The molecule has 0 saturated heterocycles. The number of aryl methyl sites for hydroxylation is 2. The van der Waals surface area contributed by atoms with E-state index in [1.807, 2.05) is 50.2 Å². The van der Waals surface area contributed by atoms with Gasteiger partial charge < -0.3 is 10.1 Å². The van der Waals surface area contributed by atoms with E-state index in [9.17, 15) is 4.79 Å². The Labute approximate surface area is 145 Å². The first-order valence-electron chi connectivity index (χ1n) is 8.37. The van der Waals surface area contributed by atoms with Gasteiger partial charge in [-0.15, -0.1) is 0 Å². The highest BCUT2D eigenvalue weighted by Crippen LogP contribution is 2.30. The van der Waals surface area contributed by atoms with Gasteiger partial charge in [-0.2, -0.15) is 0 Å². The van der Waals surface area contributed by atoms with Crippen LogP contribution in [0.1, 0.15) is 47.8 Å². The number of hydrogen-bond acceptors (Lipinski definition) is 2. The van der Waals surface area contributed by atoms with Crippen molar-refractivity contribution in [1.82, 2.24) is 5.32 Å². The molecule has 24 heavy (non-hydrogen) atoms. The molecule has 0 atom stereocenters. The third-order valence-corrected chi connectivity index (χ3v) is 4.11. The van der Waals surface area contributed by atoms with Crippen molar-refractivity contribution in [3.05, 3.63) is 64.7 Å². The van der Waals surface area contributed by atoms with Gasteiger partial charge in [0.05, 0.1) is 6.54 Å². The van der Waals surface area contributed by atoms with Crippen LogP contribution in [0.2, 0.25) is 0 Å². The van der Waals surface area contributed by atoms with E-state index in [0.29, 0.717) is 18.7 Å². The van der Waals surface area contributed by atoms with Gasteiger partial charge >= 0.3 is 0 Å². The summed E-state index contributed by atoms with van der Waals surface area (Å²) in [7, 11) is 0. The van der Waals surface area contributed by atoms with E-state index in [2.05, 4.69) is 32.2 Å². The predicted molar refractivity (Wildman–Crippen MR) is 98.9 cm³/mol. The van der Waals surface area contributed by atoms with E-state index in [-0.39, 0.29) is 11.3 Å². The summed E-state index contributed by atoms with van der Waals surface area (Å²) in [5.41, 5.74) is 4.20. The minimum atomic E-state index is -0.0641. The molecule has 0 heterocycles. The summed E-state index contributed by atoms with van der Waals surface area (Å²) in [4.78, 5) is 12.2. The molecule has 2 rings (SSSR count). The van der Waals surface area contributed by atoms with Crippen molar-refractivity contribution < 1.29 is 9.53 Å². The minimum Gasteiger partial charge on any atom is -0.491 e. The van der Waals surface area contributed by atoms with Gasteiger partial charge in [0.15, 0.2) is 0 Å². The molecular weight excluding hydrogens is 298 g/mol. The zero-order valence-corrected chi connectivity index (χ0v) is 15.3. The van der Waals surface area contributed by atoms with Gasteiger partial charge in [0.1, 0.15) is 12.4 Å². The van der Waals surface area contributed by atoms with Crippen LogP contribution in [0.3, 0.4) is 0 Å². The van der Waals surface area contributed by atoms with Crippen molar-refractivity contribution in [1.29, 1.82) is 0 Å². The molecule has 0 aliphatic rings. The molecule has 0 aliphatic carbocycles. The Morgan fingerprint density at radius 1 is 1.04 bits per heavy atom. The maximum absolute atomic E-state index is 12.2. The van der Waals surface area contributed by atoms with Crippen molar-refractivity contribution in [3.63, 3.8) is 0 Å². The topological polar surface area (TPSA) is 38.3 Å². The van der Waals surface area contributed by atoms with Crippen molar-refractivity contribution in [2.75, 3.05) is 13.2 Å². The number of rotatable bonds is 5. The first kappa shape index (κ1) is 18.1. The van der Waals surface area contributed by atoms with Crippen LogP contribution in [0.25, 0.3) is 0 Å². The van der Waals surface area contributed by atoms with E-state index in [1.54, 1.807) is 0 Å². The maximum atomic E-state index is 12.2. The summed E-state index contributed by atoms with van der Waals surface area (Å²) in [6, 6.07) is 13.8. The van der Waals surface area contributed by atoms with Gasteiger partial charge in [-0.05, 0) is 54.2 Å². The summed E-state index contributed by atoms with van der Waals surface area (Å²) in [6.45, 7) is 11.5. The number of carbonyl (C=O) groups excluding carboxylic acids is 1. The molecule has 3 heteroatoms. The van der Waals surface area contributed by atoms with Crippen molar-refractivity contribution >= 4 is 5.91 Å². The van der Waals surface area contributed by atoms with Gasteiger partial charge in [-0.3, -0.25) is 4.79 Å². The number of ether oxygens (including phenoxy) is 1. The lowest BCUT2D eigenvalue weighted by Gasteiger charge is -2.22. The molecule has 0 bridgehead atoms. The Bertz CT molecular complexity index is 714. The number of para-hydroxylation sites is 1. The largest absolute Gasteiger partial charge is 0.491 e. The number of nitrogens with one attached hydrogen (secondary N) is 1. The van der Waals surface area contributed by atoms with Crippen LogP contribution in [0.5, 0.6) is 5.75 Å². The fourth-order valence-electron chi connectivity index (χ4n) is 2.52. The Kier molecular flexibility index (Phi) is 5.66. The summed E-state index contributed by atoms with van der Waals surface area (Å²) in [6.07, 6.45) is 0. The van der Waals surface area contributed by atoms with Crippen LogP contribution < -0.4 is 10.1 Å². The molecule has 0 saturated carbocycles. The highest BCUT2D eigenvalue weighted by molar-refractivity contribution is 5.94. The number of amides is 1. The lowest BCUT2D eigenvalue weighted by Crippen LogP contribution is -2.28. The van der Waals surface area contributed by atoms with Gasteiger partial charge in [0.25, 0.3) is 5.91 Å². The average molecular weight is 325 g/mol. The Morgan fingerprint density at radius 3 is 2.42 bits per heavy atom. The van der Waals surface area contributed by atoms with Gasteiger partial charge in [0, 0.05) is 5.56 Å². The van der Waals surface area contributed by atoms with Crippen LogP contribution in [-0.2, 0) is 5.41 Å². The summed E-state index contributed by atoms with van der Waals surface area (Å²) >= 11 is 0. The first-order valence-corrected chi connectivity index (χ1v) is 8.37. The second kappa shape index (κ2) is 7.52. The zero-order chi connectivity index (χ0) is 17.7. The molecule has 0 fully saturated rings. The summed E-state index contributed by atoms with van der Waals surface area (Å²) < 4.78 is 5.88. The van der Waals surface area contributed by atoms with Crippen LogP contribution in [0, 0.1) is 13.8 Å². The van der Waals surface area contributed by atoms with Crippen LogP contribution >= 0.6 is 0 Å². The van der Waals surface area contributed by atoms with Crippen LogP contribution in [0.15, 0.2) is 42.5 Å². The molecule has 0 aromatic heterocycles. The molecule has 3 nitrogen and oxygen atoms in total. The van der Waals surface area contributed by atoms with Gasteiger partial charge in [0.2, 0.25) is 0 Å². The van der Waals surface area contributed by atoms with Crippen molar-refractivity contribution in [2.45, 2.75) is 40.0 Å². The fraction of sp³-hybridized carbons (Fsp3) is 0.381. The molecule has 1 N–H and O–H groups in total. The Balaban J connectivity index is 1.89. The highest BCUT2D eigenvalue weighted by Gasteiger charge is 2.18. The molecule has 128 valence electrons. The number of hydrogen-bond donors (Lipinski definition) is 1. The van der Waals surface area contributed by atoms with Gasteiger partial charge in [-0.1, -0.05) is 45.0 Å². The van der Waals surface area contributed by atoms with Crippen molar-refractivity contribution in [2.24, 2.45) is 0 Å². The smallest absolute Gasteiger partial charge is 0.251 e. The summed E-state index contributed by atoms with van der Waals surface area (Å²) in [5.74, 6) is 0.816. The molecule has 2 aromatic carbocycles. The fourth-order valence-corrected chi connectivity index (χ4v) is 2.52. The number of benzene rings is 2. The lowest BCUT2D eigenvalue weighted by molar-refractivity contribution is 0.0946. The molecule has 0 radical (unpaired) electrons. The Hall–Kier alpha value is -2.29. The highest BCUT2D eigenvalue weighted by atomic mass is 16.5. The second-order valence-corrected chi connectivity index (χ2v) is 7.15. The Morgan fingerprint density at radius 2 is 1.75 bits per heavy atom. The lowest BCUT2D eigenvalue weighted by atomic mass is 9.86. The normalized spacial score (nSPS) is 11.2. The summed E-state index contributed by atoms with van der Waals surface area (Å²) in [5, 5.41) is 2.91. The zero-order valence-electron chi connectivity index (χ0n) is 15.3. The molecule has 0 unspecified atom stereocenters. The molecule has 1 amide bonds. The van der Waals surface area contributed by atoms with E-state index >= 15 is 0 Å². The average Bonchev–Trinajstić information content (AvgIpc) is 2.53. The molecule has 2 aromatic rings. The monoisotopic (exact) mass is 325 g/mol. The van der Waals surface area contributed by atoms with E-state index < -0.39 is 0 Å². The van der Waals surface area contributed by atoms with Gasteiger partial charge in [-0.25, -0.2) is 0 Å². The molecule has 0 spiro atoms. The van der Waals surface area contributed by atoms with E-state index in [4.69, 9.17) is 4.74 Å². The minimum absolute atomic E-state index is 0.0271. The predicted octanol–water partition coefficient (Wildman–Crippen LogP) is 4.41. The van der Waals surface area contributed by atoms with Crippen LogP contribution in [0.4, 0.5) is 0 Å². The van der Waals surface area contributed by atoms with Crippen molar-refractivity contribution in [3.8, 4) is 5.75 Å². The maximum Gasteiger partial charge on any atom is 0.251 e.